The van der Waals surface area contributed by atoms with Crippen molar-refractivity contribution in [2.75, 3.05) is 20.3 Å². The van der Waals surface area contributed by atoms with E-state index in [0.717, 1.165) is 5.56 Å². The number of hydrogen-bond donors (Lipinski definition) is 1. The molecule has 1 aliphatic rings. The van der Waals surface area contributed by atoms with E-state index in [2.05, 4.69) is 4.98 Å². The molecule has 1 aromatic carbocycles. The number of pyridine rings is 1. The van der Waals surface area contributed by atoms with Crippen molar-refractivity contribution in [2.24, 2.45) is 0 Å². The molecule has 1 amide bonds. The van der Waals surface area contributed by atoms with Crippen molar-refractivity contribution < 1.29 is 24.2 Å². The third kappa shape index (κ3) is 4.21. The molecule has 1 aliphatic heterocycles. The highest BCUT2D eigenvalue weighted by Crippen LogP contribution is 2.40. The van der Waals surface area contributed by atoms with Gasteiger partial charge in [0.25, 0.3) is 11.7 Å². The van der Waals surface area contributed by atoms with Crippen LogP contribution in [-0.2, 0) is 14.3 Å². The molecule has 0 aliphatic carbocycles. The number of Topliss-reactive ketones (excluding diaryl/α,β-unsaturated/α-hetero) is 1. The standard InChI is InChI=1S/C23H26N2O5/c1-14(2)30-12-11-25-20(17-7-5-6-10-24-17)19(22(27)23(25)28)21(26)16-13-15(3)8-9-18(16)29-4/h5-10,13-14,20,26H,11-12H2,1-4H3/b21-19+. The third-order valence-corrected chi connectivity index (χ3v) is 4.90. The van der Waals surface area contributed by atoms with Gasteiger partial charge in [0.1, 0.15) is 17.6 Å². The molecule has 0 radical (unpaired) electrons. The topological polar surface area (TPSA) is 89.0 Å². The SMILES string of the molecule is COc1ccc(C)cc1/C(O)=C1\C(=O)C(=O)N(CCOC(C)C)C1c1ccccn1. The lowest BCUT2D eigenvalue weighted by atomic mass is 9.97. The molecule has 2 heterocycles. The van der Waals surface area contributed by atoms with Crippen LogP contribution in [0.3, 0.4) is 0 Å². The predicted octanol–water partition coefficient (Wildman–Crippen LogP) is 3.25. The molecule has 1 atom stereocenters. The van der Waals surface area contributed by atoms with Crippen LogP contribution >= 0.6 is 0 Å². The van der Waals surface area contributed by atoms with Crippen LogP contribution in [0.2, 0.25) is 0 Å². The van der Waals surface area contributed by atoms with E-state index < -0.39 is 17.7 Å². The summed E-state index contributed by atoms with van der Waals surface area (Å²) >= 11 is 0. The highest BCUT2D eigenvalue weighted by molar-refractivity contribution is 6.46. The van der Waals surface area contributed by atoms with Gasteiger partial charge in [-0.3, -0.25) is 14.6 Å². The van der Waals surface area contributed by atoms with Gasteiger partial charge in [0.15, 0.2) is 0 Å². The molecular weight excluding hydrogens is 384 g/mol. The molecule has 0 spiro atoms. The van der Waals surface area contributed by atoms with Crippen molar-refractivity contribution in [2.45, 2.75) is 32.9 Å². The summed E-state index contributed by atoms with van der Waals surface area (Å²) in [7, 11) is 1.49. The number of hydrogen-bond acceptors (Lipinski definition) is 6. The zero-order valence-electron chi connectivity index (χ0n) is 17.6. The number of ketones is 1. The number of benzene rings is 1. The summed E-state index contributed by atoms with van der Waals surface area (Å²) in [5, 5.41) is 11.1. The molecule has 1 saturated heterocycles. The van der Waals surface area contributed by atoms with Crippen LogP contribution < -0.4 is 4.74 Å². The van der Waals surface area contributed by atoms with Crippen LogP contribution in [0, 0.1) is 6.92 Å². The first-order valence-electron chi connectivity index (χ1n) is 9.81. The summed E-state index contributed by atoms with van der Waals surface area (Å²) in [5.41, 5.74) is 1.72. The maximum atomic E-state index is 13.0. The summed E-state index contributed by atoms with van der Waals surface area (Å²) in [6, 6.07) is 9.72. The van der Waals surface area contributed by atoms with Gasteiger partial charge in [0, 0.05) is 12.7 Å². The second-order valence-electron chi connectivity index (χ2n) is 7.37. The molecule has 2 aromatic rings. The van der Waals surface area contributed by atoms with Gasteiger partial charge in [0.2, 0.25) is 0 Å². The van der Waals surface area contributed by atoms with Crippen molar-refractivity contribution >= 4 is 17.4 Å². The Morgan fingerprint density at radius 3 is 2.63 bits per heavy atom. The Labute approximate surface area is 175 Å². The lowest BCUT2D eigenvalue weighted by Gasteiger charge is -2.25. The van der Waals surface area contributed by atoms with Gasteiger partial charge in [-0.05, 0) is 45.0 Å². The summed E-state index contributed by atoms with van der Waals surface area (Å²) in [6.45, 7) is 6.13. The lowest BCUT2D eigenvalue weighted by molar-refractivity contribution is -0.140. The first-order chi connectivity index (χ1) is 14.3. The monoisotopic (exact) mass is 410 g/mol. The van der Waals surface area contributed by atoms with Crippen LogP contribution in [0.1, 0.15) is 36.7 Å². The zero-order valence-corrected chi connectivity index (χ0v) is 17.6. The second-order valence-corrected chi connectivity index (χ2v) is 7.37. The molecule has 1 unspecified atom stereocenters. The van der Waals surface area contributed by atoms with E-state index in [1.807, 2.05) is 26.8 Å². The molecule has 7 heteroatoms. The Balaban J connectivity index is 2.13. The smallest absolute Gasteiger partial charge is 0.295 e. The zero-order chi connectivity index (χ0) is 21.8. The number of rotatable bonds is 7. The summed E-state index contributed by atoms with van der Waals surface area (Å²) in [4.78, 5) is 31.6. The summed E-state index contributed by atoms with van der Waals surface area (Å²) in [6.07, 6.45) is 1.58. The lowest BCUT2D eigenvalue weighted by Crippen LogP contribution is -2.33. The number of aromatic nitrogens is 1. The van der Waals surface area contributed by atoms with Crippen molar-refractivity contribution in [3.63, 3.8) is 0 Å². The normalized spacial score (nSPS) is 18.3. The molecule has 1 N–H and O–H groups in total. The first-order valence-corrected chi connectivity index (χ1v) is 9.81. The van der Waals surface area contributed by atoms with E-state index in [0.29, 0.717) is 17.0 Å². The van der Waals surface area contributed by atoms with Gasteiger partial charge < -0.3 is 19.5 Å². The maximum absolute atomic E-state index is 13.0. The minimum Gasteiger partial charge on any atom is -0.507 e. The van der Waals surface area contributed by atoms with Crippen LogP contribution in [-0.4, -0.2) is 53.0 Å². The average molecular weight is 410 g/mol. The Hall–Kier alpha value is -3.19. The number of aliphatic hydroxyl groups excluding tert-OH is 1. The second kappa shape index (κ2) is 9.09. The van der Waals surface area contributed by atoms with Gasteiger partial charge in [0.05, 0.1) is 36.7 Å². The fourth-order valence-corrected chi connectivity index (χ4v) is 3.49. The summed E-state index contributed by atoms with van der Waals surface area (Å²) < 4.78 is 10.9. The third-order valence-electron chi connectivity index (χ3n) is 4.90. The van der Waals surface area contributed by atoms with Crippen molar-refractivity contribution in [3.05, 3.63) is 65.0 Å². The van der Waals surface area contributed by atoms with Gasteiger partial charge in [-0.2, -0.15) is 0 Å². The average Bonchev–Trinajstić information content (AvgIpc) is 2.98. The number of carbonyl (C=O) groups excluding carboxylic acids is 2. The molecule has 158 valence electrons. The van der Waals surface area contributed by atoms with Gasteiger partial charge >= 0.3 is 0 Å². The molecule has 7 nitrogen and oxygen atoms in total. The molecular formula is C23H26N2O5. The van der Waals surface area contributed by atoms with Crippen LogP contribution in [0.15, 0.2) is 48.2 Å². The highest BCUT2D eigenvalue weighted by atomic mass is 16.5. The van der Waals surface area contributed by atoms with Crippen LogP contribution in [0.5, 0.6) is 5.75 Å². The van der Waals surface area contributed by atoms with E-state index in [1.54, 1.807) is 36.5 Å². The molecule has 1 aromatic heterocycles. The summed E-state index contributed by atoms with van der Waals surface area (Å²) in [5.74, 6) is -1.31. The number of ether oxygens (including phenoxy) is 2. The van der Waals surface area contributed by atoms with E-state index in [4.69, 9.17) is 9.47 Å². The number of methoxy groups -OCH3 is 1. The van der Waals surface area contributed by atoms with Crippen molar-refractivity contribution in [1.29, 1.82) is 0 Å². The number of carbonyl (C=O) groups is 2. The Bertz CT molecular complexity index is 969. The Kier molecular flexibility index (Phi) is 6.52. The van der Waals surface area contributed by atoms with E-state index in [1.165, 1.54) is 12.0 Å². The van der Waals surface area contributed by atoms with Gasteiger partial charge in [-0.15, -0.1) is 0 Å². The number of likely N-dealkylation sites (tertiary alicyclic amines) is 1. The first kappa shape index (κ1) is 21.5. The Morgan fingerprint density at radius 2 is 2.00 bits per heavy atom. The minimum atomic E-state index is -0.813. The predicted molar refractivity (Wildman–Crippen MR) is 112 cm³/mol. The Morgan fingerprint density at radius 1 is 1.23 bits per heavy atom. The molecule has 1 fully saturated rings. The minimum absolute atomic E-state index is 0.00727. The van der Waals surface area contributed by atoms with Crippen LogP contribution in [0.4, 0.5) is 0 Å². The van der Waals surface area contributed by atoms with E-state index in [-0.39, 0.29) is 30.6 Å². The fourth-order valence-electron chi connectivity index (χ4n) is 3.49. The molecule has 0 saturated carbocycles. The molecule has 30 heavy (non-hydrogen) atoms. The number of nitrogens with zero attached hydrogens (tertiary/aromatic N) is 2. The molecule has 0 bridgehead atoms. The quantitative estimate of drug-likeness (QED) is 0.428. The van der Waals surface area contributed by atoms with Crippen molar-refractivity contribution in [3.8, 4) is 5.75 Å². The number of aliphatic hydroxyl groups is 1. The van der Waals surface area contributed by atoms with E-state index in [9.17, 15) is 14.7 Å². The van der Waals surface area contributed by atoms with Crippen LogP contribution in [0.25, 0.3) is 5.76 Å². The highest BCUT2D eigenvalue weighted by Gasteiger charge is 2.46. The fraction of sp³-hybridized carbons (Fsp3) is 0.348. The molecule has 3 rings (SSSR count). The van der Waals surface area contributed by atoms with Gasteiger partial charge in [-0.1, -0.05) is 17.7 Å². The van der Waals surface area contributed by atoms with E-state index >= 15 is 0 Å². The van der Waals surface area contributed by atoms with Crippen molar-refractivity contribution in [1.82, 2.24) is 9.88 Å². The number of aryl methyl sites for hydroxylation is 1. The van der Waals surface area contributed by atoms with Gasteiger partial charge in [-0.25, -0.2) is 0 Å². The largest absolute Gasteiger partial charge is 0.507 e. The maximum Gasteiger partial charge on any atom is 0.295 e. The number of amides is 1.